The number of nitriles is 1. The first kappa shape index (κ1) is 13.3. The third-order valence-corrected chi connectivity index (χ3v) is 1.96. The van der Waals surface area contributed by atoms with Gasteiger partial charge in [0.15, 0.2) is 6.61 Å². The van der Waals surface area contributed by atoms with Crippen LogP contribution in [0.2, 0.25) is 0 Å². The van der Waals surface area contributed by atoms with E-state index in [2.05, 4.69) is 0 Å². The quantitative estimate of drug-likeness (QED) is 0.581. The number of nitrogens with zero attached hydrogens (tertiary/aromatic N) is 1. The first-order valence-electron chi connectivity index (χ1n) is 4.90. The van der Waals surface area contributed by atoms with Gasteiger partial charge >= 0.3 is 5.97 Å². The highest BCUT2D eigenvalue weighted by molar-refractivity contribution is 6.00. The lowest BCUT2D eigenvalue weighted by Gasteiger charge is -2.06. The predicted molar refractivity (Wildman–Crippen MR) is 62.4 cm³/mol. The van der Waals surface area contributed by atoms with Crippen LogP contribution < -0.4 is 10.5 Å². The van der Waals surface area contributed by atoms with Crippen molar-refractivity contribution in [3.63, 3.8) is 0 Å². The number of hydrogen-bond donors (Lipinski definition) is 2. The third kappa shape index (κ3) is 3.64. The molecule has 1 aromatic rings. The lowest BCUT2D eigenvalue weighted by molar-refractivity contribution is -0.139. The van der Waals surface area contributed by atoms with Crippen LogP contribution in [0.4, 0.5) is 0 Å². The van der Waals surface area contributed by atoms with Crippen LogP contribution in [-0.4, -0.2) is 23.6 Å². The molecule has 6 heteroatoms. The second-order valence-electron chi connectivity index (χ2n) is 3.25. The van der Waals surface area contributed by atoms with Crippen LogP contribution in [0.3, 0.4) is 0 Å². The number of amides is 1. The molecule has 0 aliphatic carbocycles. The molecule has 1 aromatic carbocycles. The van der Waals surface area contributed by atoms with E-state index in [1.807, 2.05) is 0 Å². The first-order valence-corrected chi connectivity index (χ1v) is 4.90. The Bertz CT molecular complexity index is 543. The van der Waals surface area contributed by atoms with Gasteiger partial charge in [-0.2, -0.15) is 5.26 Å². The maximum absolute atomic E-state index is 10.9. The molecular weight excluding hydrogens is 236 g/mol. The number of rotatable bonds is 5. The molecule has 0 atom stereocenters. The molecule has 0 aliphatic rings. The molecular formula is C12H10N2O4. The Morgan fingerprint density at radius 2 is 2.11 bits per heavy atom. The van der Waals surface area contributed by atoms with Gasteiger partial charge in [0.25, 0.3) is 5.91 Å². The summed E-state index contributed by atoms with van der Waals surface area (Å²) in [7, 11) is 0. The summed E-state index contributed by atoms with van der Waals surface area (Å²) in [5.74, 6) is -1.72. The number of ether oxygens (including phenoxy) is 1. The van der Waals surface area contributed by atoms with E-state index in [0.29, 0.717) is 5.56 Å². The summed E-state index contributed by atoms with van der Waals surface area (Å²) in [6, 6.07) is 8.08. The van der Waals surface area contributed by atoms with Crippen molar-refractivity contribution < 1.29 is 19.4 Å². The normalized spacial score (nSPS) is 10.5. The van der Waals surface area contributed by atoms with E-state index >= 15 is 0 Å². The molecule has 0 saturated carbocycles. The average Bonchev–Trinajstić information content (AvgIpc) is 2.34. The van der Waals surface area contributed by atoms with Gasteiger partial charge in [0, 0.05) is 5.56 Å². The van der Waals surface area contributed by atoms with Crippen molar-refractivity contribution in [2.24, 2.45) is 5.73 Å². The number of carbonyl (C=O) groups is 2. The Morgan fingerprint density at radius 1 is 1.44 bits per heavy atom. The monoisotopic (exact) mass is 246 g/mol. The number of carbonyl (C=O) groups excluding carboxylic acids is 1. The number of carboxylic acid groups (broad SMARTS) is 1. The van der Waals surface area contributed by atoms with E-state index in [4.69, 9.17) is 20.8 Å². The zero-order valence-electron chi connectivity index (χ0n) is 9.29. The highest BCUT2D eigenvalue weighted by Gasteiger charge is 2.07. The Hall–Kier alpha value is -2.81. The fraction of sp³-hybridized carbons (Fsp3) is 0.0833. The molecule has 0 heterocycles. The van der Waals surface area contributed by atoms with Gasteiger partial charge in [-0.05, 0) is 12.1 Å². The lowest BCUT2D eigenvalue weighted by Crippen LogP contribution is -2.13. The van der Waals surface area contributed by atoms with Gasteiger partial charge in [0.05, 0.1) is 0 Å². The van der Waals surface area contributed by atoms with Crippen molar-refractivity contribution in [3.05, 3.63) is 35.4 Å². The Morgan fingerprint density at radius 3 is 2.67 bits per heavy atom. The maximum Gasteiger partial charge on any atom is 0.341 e. The molecule has 6 nitrogen and oxygen atoms in total. The van der Waals surface area contributed by atoms with Crippen LogP contribution in [0.5, 0.6) is 5.75 Å². The minimum atomic E-state index is -1.12. The second kappa shape index (κ2) is 6.06. The van der Waals surface area contributed by atoms with Crippen molar-refractivity contribution in [1.82, 2.24) is 0 Å². The van der Waals surface area contributed by atoms with Crippen LogP contribution >= 0.6 is 0 Å². The molecule has 1 amide bonds. The summed E-state index contributed by atoms with van der Waals surface area (Å²) in [6.07, 6.45) is 1.25. The predicted octanol–water partition coefficient (Wildman–Crippen LogP) is 0.542. The summed E-state index contributed by atoms with van der Waals surface area (Å²) in [4.78, 5) is 21.3. The van der Waals surface area contributed by atoms with E-state index in [1.54, 1.807) is 24.3 Å². The zero-order valence-corrected chi connectivity index (χ0v) is 9.29. The molecule has 0 radical (unpaired) electrons. The number of nitrogens with two attached hydrogens (primary N) is 1. The lowest BCUT2D eigenvalue weighted by atomic mass is 10.1. The highest BCUT2D eigenvalue weighted by Crippen LogP contribution is 2.20. The molecule has 0 saturated heterocycles. The number of primary amides is 1. The van der Waals surface area contributed by atoms with E-state index in [-0.39, 0.29) is 11.3 Å². The Labute approximate surface area is 103 Å². The van der Waals surface area contributed by atoms with E-state index in [1.165, 1.54) is 12.1 Å². The van der Waals surface area contributed by atoms with Gasteiger partial charge in [0.2, 0.25) is 0 Å². The summed E-state index contributed by atoms with van der Waals surface area (Å²) in [6.45, 7) is -0.511. The van der Waals surface area contributed by atoms with Crippen molar-refractivity contribution in [2.75, 3.05) is 6.61 Å². The molecule has 92 valence electrons. The fourth-order valence-corrected chi connectivity index (χ4v) is 1.18. The minimum Gasteiger partial charge on any atom is -0.481 e. The van der Waals surface area contributed by atoms with Crippen LogP contribution in [0.1, 0.15) is 5.56 Å². The summed E-state index contributed by atoms with van der Waals surface area (Å²) in [5, 5.41) is 17.2. The topological polar surface area (TPSA) is 113 Å². The van der Waals surface area contributed by atoms with Gasteiger partial charge in [-0.3, -0.25) is 4.79 Å². The Kier molecular flexibility index (Phi) is 4.46. The SMILES string of the molecule is N#C/C(=C\c1ccccc1OCC(=O)O)C(N)=O. The molecule has 0 unspecified atom stereocenters. The zero-order chi connectivity index (χ0) is 13.5. The molecule has 0 aliphatic heterocycles. The second-order valence-corrected chi connectivity index (χ2v) is 3.25. The molecule has 18 heavy (non-hydrogen) atoms. The number of carboxylic acids is 1. The Balaban J connectivity index is 3.06. The minimum absolute atomic E-state index is 0.235. The molecule has 0 fully saturated rings. The van der Waals surface area contributed by atoms with Crippen molar-refractivity contribution in [2.45, 2.75) is 0 Å². The molecule has 3 N–H and O–H groups in total. The largest absolute Gasteiger partial charge is 0.481 e. The van der Waals surface area contributed by atoms with Gasteiger partial charge in [-0.15, -0.1) is 0 Å². The van der Waals surface area contributed by atoms with Crippen molar-refractivity contribution in [3.8, 4) is 11.8 Å². The summed E-state index contributed by atoms with van der Waals surface area (Å²) < 4.78 is 5.02. The first-order chi connectivity index (χ1) is 8.54. The smallest absolute Gasteiger partial charge is 0.341 e. The van der Waals surface area contributed by atoms with E-state index in [9.17, 15) is 9.59 Å². The molecule has 0 bridgehead atoms. The molecule has 0 spiro atoms. The fourth-order valence-electron chi connectivity index (χ4n) is 1.18. The maximum atomic E-state index is 10.9. The van der Waals surface area contributed by atoms with E-state index in [0.717, 1.165) is 0 Å². The summed E-state index contributed by atoms with van der Waals surface area (Å²) >= 11 is 0. The molecule has 1 rings (SSSR count). The van der Waals surface area contributed by atoms with Crippen LogP contribution in [0.25, 0.3) is 6.08 Å². The van der Waals surface area contributed by atoms with Gasteiger partial charge in [0.1, 0.15) is 17.4 Å². The number of para-hydroxylation sites is 1. The standard InChI is InChI=1S/C12H10N2O4/c13-6-9(12(14)17)5-8-3-1-2-4-10(8)18-7-11(15)16/h1-5H,7H2,(H2,14,17)(H,15,16)/b9-5+. The molecule has 0 aromatic heterocycles. The number of hydrogen-bond acceptors (Lipinski definition) is 4. The van der Waals surface area contributed by atoms with Gasteiger partial charge in [-0.25, -0.2) is 4.79 Å². The number of aliphatic carboxylic acids is 1. The van der Waals surface area contributed by atoms with Crippen LogP contribution in [0.15, 0.2) is 29.8 Å². The summed E-state index contributed by atoms with van der Waals surface area (Å²) in [5.41, 5.74) is 5.18. The van der Waals surface area contributed by atoms with Crippen molar-refractivity contribution in [1.29, 1.82) is 5.26 Å². The van der Waals surface area contributed by atoms with Gasteiger partial charge in [-0.1, -0.05) is 18.2 Å². The van der Waals surface area contributed by atoms with E-state index < -0.39 is 18.5 Å². The average molecular weight is 246 g/mol. The van der Waals surface area contributed by atoms with Crippen LogP contribution in [-0.2, 0) is 9.59 Å². The number of benzene rings is 1. The highest BCUT2D eigenvalue weighted by atomic mass is 16.5. The van der Waals surface area contributed by atoms with Crippen LogP contribution in [0, 0.1) is 11.3 Å². The van der Waals surface area contributed by atoms with Crippen molar-refractivity contribution >= 4 is 18.0 Å². The van der Waals surface area contributed by atoms with Gasteiger partial charge < -0.3 is 15.6 Å². The third-order valence-electron chi connectivity index (χ3n) is 1.96.